The normalized spacial score (nSPS) is 15.8. The second-order valence-electron chi connectivity index (χ2n) is 8.74. The number of amides is 2. The number of fused-ring (bicyclic) bond motifs is 1. The zero-order valence-electron chi connectivity index (χ0n) is 19.4. The Balaban J connectivity index is 1.48. The fourth-order valence-corrected chi connectivity index (χ4v) is 4.76. The number of aromatic nitrogens is 2. The number of nitrogens with zero attached hydrogens (tertiary/aromatic N) is 4. The number of carbonyl (C=O) groups is 3. The van der Waals surface area contributed by atoms with Gasteiger partial charge in [0, 0.05) is 37.3 Å². The van der Waals surface area contributed by atoms with Crippen molar-refractivity contribution in [2.24, 2.45) is 0 Å². The van der Waals surface area contributed by atoms with E-state index in [1.54, 1.807) is 36.3 Å². The number of hydrogen-bond donors (Lipinski definition) is 1. The first-order valence-corrected chi connectivity index (χ1v) is 11.6. The molecule has 2 aromatic carbocycles. The summed E-state index contributed by atoms with van der Waals surface area (Å²) < 4.78 is 6.61. The van der Waals surface area contributed by atoms with Crippen molar-refractivity contribution in [2.75, 3.05) is 25.1 Å². The van der Waals surface area contributed by atoms with Gasteiger partial charge in [0.2, 0.25) is 5.91 Å². The van der Waals surface area contributed by atoms with Gasteiger partial charge in [0.1, 0.15) is 11.4 Å². The van der Waals surface area contributed by atoms with Gasteiger partial charge in [0.25, 0.3) is 5.91 Å². The van der Waals surface area contributed by atoms with Gasteiger partial charge in [0.05, 0.1) is 12.8 Å². The summed E-state index contributed by atoms with van der Waals surface area (Å²) in [5, 5.41) is 14.0. The van der Waals surface area contributed by atoms with Crippen LogP contribution in [0.5, 0.6) is 5.75 Å². The van der Waals surface area contributed by atoms with Crippen LogP contribution in [0.15, 0.2) is 48.5 Å². The molecule has 0 saturated carbocycles. The molecule has 1 aromatic heterocycles. The summed E-state index contributed by atoms with van der Waals surface area (Å²) in [6.45, 7) is 1.59. The molecule has 3 aromatic rings. The molecule has 0 aliphatic carbocycles. The predicted molar refractivity (Wildman–Crippen MR) is 128 cm³/mol. The number of ether oxygens (including phenoxy) is 1. The Bertz CT molecular complexity index is 1300. The number of rotatable bonds is 6. The molecule has 35 heavy (non-hydrogen) atoms. The fourth-order valence-electron chi connectivity index (χ4n) is 4.76. The maximum absolute atomic E-state index is 13.7. The van der Waals surface area contributed by atoms with Gasteiger partial charge in [-0.3, -0.25) is 9.59 Å². The van der Waals surface area contributed by atoms with Gasteiger partial charge in [0.15, 0.2) is 5.69 Å². The summed E-state index contributed by atoms with van der Waals surface area (Å²) in [6.07, 6.45) is 2.88. The molecule has 0 atom stereocenters. The summed E-state index contributed by atoms with van der Waals surface area (Å²) >= 11 is 0. The first-order chi connectivity index (χ1) is 17.0. The molecule has 2 amide bonds. The zero-order chi connectivity index (χ0) is 24.5. The molecule has 0 spiro atoms. The predicted octanol–water partition coefficient (Wildman–Crippen LogP) is 3.29. The number of methoxy groups -OCH3 is 1. The Morgan fingerprint density at radius 3 is 2.54 bits per heavy atom. The van der Waals surface area contributed by atoms with E-state index in [9.17, 15) is 19.5 Å². The Kier molecular flexibility index (Phi) is 5.98. The second kappa shape index (κ2) is 9.25. The number of carbonyl (C=O) groups excluding carboxylic acids is 2. The molecule has 3 heterocycles. The molecule has 0 unspecified atom stereocenters. The van der Waals surface area contributed by atoms with Crippen LogP contribution in [0, 0.1) is 0 Å². The van der Waals surface area contributed by atoms with Gasteiger partial charge < -0.3 is 19.6 Å². The Labute approximate surface area is 202 Å². The molecular weight excluding hydrogens is 448 g/mol. The summed E-state index contributed by atoms with van der Waals surface area (Å²) in [5.74, 6) is -0.675. The van der Waals surface area contributed by atoms with Gasteiger partial charge in [-0.1, -0.05) is 12.1 Å². The standard InChI is InChI=1S/C26H26N4O5/c1-35-20-10-8-18(9-11-20)30-24-21(23(27-30)26(33)34)12-14-29(25(24)32)19-6-4-5-17(15-19)16-28-13-3-2-7-22(28)31/h4-6,8-11,15H,2-3,7,12-14,16H2,1H3,(H,33,34). The van der Waals surface area contributed by atoms with E-state index in [4.69, 9.17) is 4.74 Å². The van der Waals surface area contributed by atoms with Gasteiger partial charge in [-0.25, -0.2) is 9.48 Å². The Hall–Kier alpha value is -4.14. The van der Waals surface area contributed by atoms with Gasteiger partial charge in [-0.05, 0) is 61.2 Å². The van der Waals surface area contributed by atoms with E-state index in [0.29, 0.717) is 48.6 Å². The van der Waals surface area contributed by atoms with Gasteiger partial charge in [-0.2, -0.15) is 5.10 Å². The first-order valence-electron chi connectivity index (χ1n) is 11.6. The van der Waals surface area contributed by atoms with E-state index in [1.807, 2.05) is 29.2 Å². The van der Waals surface area contributed by atoms with Crippen LogP contribution in [0.2, 0.25) is 0 Å². The molecule has 0 radical (unpaired) electrons. The van der Waals surface area contributed by atoms with Gasteiger partial charge >= 0.3 is 5.97 Å². The van der Waals surface area contributed by atoms with E-state index < -0.39 is 5.97 Å². The molecule has 180 valence electrons. The third-order valence-electron chi connectivity index (χ3n) is 6.55. The SMILES string of the molecule is COc1ccc(-n2nc(C(=O)O)c3c2C(=O)N(c2cccc(CN4CCCCC4=O)c2)CC3)cc1. The average molecular weight is 475 g/mol. The fraction of sp³-hybridized carbons (Fsp3) is 0.308. The van der Waals surface area contributed by atoms with Crippen molar-refractivity contribution in [1.29, 1.82) is 0 Å². The largest absolute Gasteiger partial charge is 0.497 e. The van der Waals surface area contributed by atoms with Crippen molar-refractivity contribution < 1.29 is 24.2 Å². The maximum Gasteiger partial charge on any atom is 0.356 e. The molecule has 9 nitrogen and oxygen atoms in total. The smallest absolute Gasteiger partial charge is 0.356 e. The zero-order valence-corrected chi connectivity index (χ0v) is 19.4. The van der Waals surface area contributed by atoms with E-state index in [1.165, 1.54) is 4.68 Å². The number of hydrogen-bond acceptors (Lipinski definition) is 5. The van der Waals surface area contributed by atoms with Crippen molar-refractivity contribution in [3.63, 3.8) is 0 Å². The van der Waals surface area contributed by atoms with Crippen molar-refractivity contribution in [2.45, 2.75) is 32.2 Å². The number of carboxylic acids is 1. The highest BCUT2D eigenvalue weighted by atomic mass is 16.5. The van der Waals surface area contributed by atoms with Crippen LogP contribution < -0.4 is 9.64 Å². The van der Waals surface area contributed by atoms with Crippen molar-refractivity contribution >= 4 is 23.5 Å². The summed E-state index contributed by atoms with van der Waals surface area (Å²) in [5.41, 5.74) is 2.80. The molecule has 5 rings (SSSR count). The third-order valence-corrected chi connectivity index (χ3v) is 6.55. The average Bonchev–Trinajstić information content (AvgIpc) is 3.27. The van der Waals surface area contributed by atoms with E-state index >= 15 is 0 Å². The molecule has 2 aliphatic heterocycles. The van der Waals surface area contributed by atoms with Crippen LogP contribution in [0.25, 0.3) is 5.69 Å². The van der Waals surface area contributed by atoms with Gasteiger partial charge in [-0.15, -0.1) is 0 Å². The van der Waals surface area contributed by atoms with Crippen LogP contribution in [-0.2, 0) is 17.8 Å². The molecule has 9 heteroatoms. The number of aromatic carboxylic acids is 1. The molecule has 2 aliphatic rings. The first kappa shape index (κ1) is 22.6. The maximum atomic E-state index is 13.7. The number of benzene rings is 2. The van der Waals surface area contributed by atoms with Crippen molar-refractivity contribution in [1.82, 2.24) is 14.7 Å². The molecule has 1 fully saturated rings. The van der Waals surface area contributed by atoms with Crippen LogP contribution in [0.1, 0.15) is 51.4 Å². The Morgan fingerprint density at radius 1 is 1.03 bits per heavy atom. The van der Waals surface area contributed by atoms with Crippen LogP contribution in [-0.4, -0.2) is 57.8 Å². The lowest BCUT2D eigenvalue weighted by molar-refractivity contribution is -0.133. The highest BCUT2D eigenvalue weighted by Gasteiger charge is 2.35. The molecule has 1 N–H and O–H groups in total. The van der Waals surface area contributed by atoms with Crippen molar-refractivity contribution in [3.8, 4) is 11.4 Å². The third kappa shape index (κ3) is 4.25. The number of anilines is 1. The lowest BCUT2D eigenvalue weighted by Gasteiger charge is -2.29. The van der Waals surface area contributed by atoms with E-state index in [0.717, 1.165) is 24.9 Å². The topological polar surface area (TPSA) is 105 Å². The highest BCUT2D eigenvalue weighted by molar-refractivity contribution is 6.09. The number of carboxylic acid groups (broad SMARTS) is 1. The van der Waals surface area contributed by atoms with Crippen LogP contribution in [0.4, 0.5) is 5.69 Å². The summed E-state index contributed by atoms with van der Waals surface area (Å²) in [6, 6.07) is 14.6. The quantitative estimate of drug-likeness (QED) is 0.588. The lowest BCUT2D eigenvalue weighted by atomic mass is 10.0. The minimum absolute atomic E-state index is 0.110. The summed E-state index contributed by atoms with van der Waals surface area (Å²) in [7, 11) is 1.56. The van der Waals surface area contributed by atoms with Crippen LogP contribution in [0.3, 0.4) is 0 Å². The minimum Gasteiger partial charge on any atom is -0.497 e. The van der Waals surface area contributed by atoms with Crippen LogP contribution >= 0.6 is 0 Å². The summed E-state index contributed by atoms with van der Waals surface area (Å²) in [4.78, 5) is 41.3. The van der Waals surface area contributed by atoms with E-state index in [-0.39, 0.29) is 23.2 Å². The molecular formula is C26H26N4O5. The van der Waals surface area contributed by atoms with E-state index in [2.05, 4.69) is 5.10 Å². The molecule has 1 saturated heterocycles. The number of likely N-dealkylation sites (tertiary alicyclic amines) is 1. The minimum atomic E-state index is -1.16. The number of piperidine rings is 1. The lowest BCUT2D eigenvalue weighted by Crippen LogP contribution is -2.39. The monoisotopic (exact) mass is 474 g/mol. The molecule has 0 bridgehead atoms. The van der Waals surface area contributed by atoms with Crippen molar-refractivity contribution in [3.05, 3.63) is 71.0 Å². The Morgan fingerprint density at radius 2 is 1.83 bits per heavy atom. The second-order valence-corrected chi connectivity index (χ2v) is 8.74. The highest BCUT2D eigenvalue weighted by Crippen LogP contribution is 2.30.